The average Bonchev–Trinajstić information content (AvgIpc) is 3.27. The van der Waals surface area contributed by atoms with Crippen LogP contribution in [-0.4, -0.2) is 41.0 Å². The number of rotatable bonds is 4. The Hall–Kier alpha value is -2.90. The predicted octanol–water partition coefficient (Wildman–Crippen LogP) is 3.09. The normalized spacial score (nSPS) is 15.5. The van der Waals surface area contributed by atoms with E-state index in [1.807, 2.05) is 18.2 Å². The van der Waals surface area contributed by atoms with Crippen LogP contribution >= 0.6 is 11.6 Å². The molecule has 2 heterocycles. The molecule has 4 rings (SSSR count). The second-order valence-electron chi connectivity index (χ2n) is 7.08. The van der Waals surface area contributed by atoms with Crippen molar-refractivity contribution in [1.82, 2.24) is 20.4 Å². The van der Waals surface area contributed by atoms with Crippen molar-refractivity contribution in [3.8, 4) is 0 Å². The van der Waals surface area contributed by atoms with Gasteiger partial charge in [0.15, 0.2) is 0 Å². The number of benzene rings is 2. The molecule has 1 aliphatic rings. The Balaban J connectivity index is 1.54. The molecule has 0 saturated heterocycles. The Labute approximate surface area is 167 Å². The van der Waals surface area contributed by atoms with Crippen molar-refractivity contribution < 1.29 is 9.59 Å². The van der Waals surface area contributed by atoms with Gasteiger partial charge in [0.1, 0.15) is 0 Å². The smallest absolute Gasteiger partial charge is 0.256 e. The zero-order chi connectivity index (χ0) is 19.8. The van der Waals surface area contributed by atoms with Gasteiger partial charge in [-0.2, -0.15) is 5.10 Å². The van der Waals surface area contributed by atoms with Crippen LogP contribution in [0.15, 0.2) is 36.5 Å². The standard InChI is InChI=1S/C20H20ClN5O2/c1-26(2)19(27)8-17-14-4-3-13(5-11(14)9-22-17)24-20(28)15-6-12(21)7-18-16(15)10-23-25-18/h3-7,10,17,22H,8-9H2,1-2H3,(H,23,25)(H,24,28)/t17-/m1/s1. The predicted molar refractivity (Wildman–Crippen MR) is 108 cm³/mol. The van der Waals surface area contributed by atoms with Gasteiger partial charge in [-0.25, -0.2) is 0 Å². The maximum Gasteiger partial charge on any atom is 0.256 e. The maximum atomic E-state index is 12.8. The summed E-state index contributed by atoms with van der Waals surface area (Å²) < 4.78 is 0. The van der Waals surface area contributed by atoms with Gasteiger partial charge in [0.2, 0.25) is 5.91 Å². The van der Waals surface area contributed by atoms with Gasteiger partial charge in [0.05, 0.1) is 17.3 Å². The average molecular weight is 398 g/mol. The summed E-state index contributed by atoms with van der Waals surface area (Å²) in [5.74, 6) is -0.174. The van der Waals surface area contributed by atoms with Crippen LogP contribution in [0.2, 0.25) is 5.02 Å². The number of nitrogens with zero attached hydrogens (tertiary/aromatic N) is 2. The fourth-order valence-electron chi connectivity index (χ4n) is 3.46. The lowest BCUT2D eigenvalue weighted by atomic mass is 10.0. The van der Waals surface area contributed by atoms with Gasteiger partial charge in [-0.05, 0) is 35.4 Å². The number of fused-ring (bicyclic) bond motifs is 2. The van der Waals surface area contributed by atoms with Crippen molar-refractivity contribution in [1.29, 1.82) is 0 Å². The van der Waals surface area contributed by atoms with Crippen molar-refractivity contribution in [3.05, 3.63) is 58.2 Å². The number of anilines is 1. The Bertz CT molecular complexity index is 1080. The molecule has 0 radical (unpaired) electrons. The molecule has 0 unspecified atom stereocenters. The fraction of sp³-hybridized carbons (Fsp3) is 0.250. The van der Waals surface area contributed by atoms with E-state index in [4.69, 9.17) is 11.6 Å². The van der Waals surface area contributed by atoms with Crippen molar-refractivity contribution >= 4 is 40.0 Å². The molecule has 28 heavy (non-hydrogen) atoms. The first-order valence-electron chi connectivity index (χ1n) is 8.92. The van der Waals surface area contributed by atoms with E-state index >= 15 is 0 Å². The Morgan fingerprint density at radius 2 is 2.11 bits per heavy atom. The van der Waals surface area contributed by atoms with Crippen molar-refractivity contribution in [3.63, 3.8) is 0 Å². The Morgan fingerprint density at radius 3 is 2.89 bits per heavy atom. The van der Waals surface area contributed by atoms with Gasteiger partial charge < -0.3 is 15.5 Å². The molecule has 0 aliphatic carbocycles. The number of halogens is 1. The second-order valence-corrected chi connectivity index (χ2v) is 7.51. The highest BCUT2D eigenvalue weighted by atomic mass is 35.5. The SMILES string of the molecule is CN(C)C(=O)C[C@H]1NCc2cc(NC(=O)c3cc(Cl)cc4[nH]ncc34)ccc21. The minimum Gasteiger partial charge on any atom is -0.349 e. The van der Waals surface area contributed by atoms with Gasteiger partial charge in [-0.1, -0.05) is 17.7 Å². The fourth-order valence-corrected chi connectivity index (χ4v) is 3.68. The minimum atomic E-state index is -0.251. The van der Waals surface area contributed by atoms with Crippen LogP contribution in [0.25, 0.3) is 10.9 Å². The van der Waals surface area contributed by atoms with Gasteiger partial charge in [-0.15, -0.1) is 0 Å². The molecular weight excluding hydrogens is 378 g/mol. The number of carbonyl (C=O) groups is 2. The first-order chi connectivity index (χ1) is 13.4. The van der Waals surface area contributed by atoms with E-state index in [0.29, 0.717) is 40.1 Å². The highest BCUT2D eigenvalue weighted by molar-refractivity contribution is 6.32. The van der Waals surface area contributed by atoms with Gasteiger partial charge in [0, 0.05) is 49.2 Å². The van der Waals surface area contributed by atoms with Crippen LogP contribution in [0.3, 0.4) is 0 Å². The zero-order valence-electron chi connectivity index (χ0n) is 15.5. The van der Waals surface area contributed by atoms with E-state index in [9.17, 15) is 9.59 Å². The lowest BCUT2D eigenvalue weighted by Crippen LogP contribution is -2.26. The summed E-state index contributed by atoms with van der Waals surface area (Å²) in [5.41, 5.74) is 4.04. The molecule has 1 aliphatic heterocycles. The van der Waals surface area contributed by atoms with E-state index in [0.717, 1.165) is 11.1 Å². The molecule has 0 saturated carbocycles. The molecular formula is C20H20ClN5O2. The van der Waals surface area contributed by atoms with Gasteiger partial charge >= 0.3 is 0 Å². The molecule has 0 spiro atoms. The molecule has 7 nitrogen and oxygen atoms in total. The van der Waals surface area contributed by atoms with Crippen LogP contribution < -0.4 is 10.6 Å². The van der Waals surface area contributed by atoms with E-state index < -0.39 is 0 Å². The summed E-state index contributed by atoms with van der Waals surface area (Å²) >= 11 is 6.12. The summed E-state index contributed by atoms with van der Waals surface area (Å²) in [7, 11) is 3.51. The third-order valence-corrected chi connectivity index (χ3v) is 5.18. The van der Waals surface area contributed by atoms with Crippen LogP contribution in [0.4, 0.5) is 5.69 Å². The largest absolute Gasteiger partial charge is 0.349 e. The number of hydrogen-bond donors (Lipinski definition) is 3. The van der Waals surface area contributed by atoms with Crippen LogP contribution in [0, 0.1) is 0 Å². The maximum absolute atomic E-state index is 12.8. The van der Waals surface area contributed by atoms with E-state index in [1.165, 1.54) is 0 Å². The summed E-state index contributed by atoms with van der Waals surface area (Å²) in [6.45, 7) is 0.660. The van der Waals surface area contributed by atoms with Crippen molar-refractivity contribution in [2.45, 2.75) is 19.0 Å². The molecule has 2 aromatic carbocycles. The minimum absolute atomic E-state index is 0.00635. The Kier molecular flexibility index (Phi) is 4.78. The molecule has 2 amide bonds. The number of hydrogen-bond acceptors (Lipinski definition) is 4. The second kappa shape index (κ2) is 7.26. The quantitative estimate of drug-likeness (QED) is 0.631. The number of aromatic nitrogens is 2. The molecule has 1 aromatic heterocycles. The molecule has 1 atom stereocenters. The summed E-state index contributed by atoms with van der Waals surface area (Å²) in [6, 6.07) is 9.12. The van der Waals surface area contributed by atoms with E-state index in [2.05, 4.69) is 20.8 Å². The molecule has 3 N–H and O–H groups in total. The number of carbonyl (C=O) groups excluding carboxylic acids is 2. The van der Waals surface area contributed by atoms with Crippen LogP contribution in [-0.2, 0) is 11.3 Å². The zero-order valence-corrected chi connectivity index (χ0v) is 16.3. The highest BCUT2D eigenvalue weighted by Gasteiger charge is 2.25. The summed E-state index contributed by atoms with van der Waals surface area (Å²) in [5, 5.41) is 14.3. The van der Waals surface area contributed by atoms with Crippen LogP contribution in [0.1, 0.15) is 33.9 Å². The first kappa shape index (κ1) is 18.5. The number of aromatic amines is 1. The van der Waals surface area contributed by atoms with Crippen molar-refractivity contribution in [2.24, 2.45) is 0 Å². The third-order valence-electron chi connectivity index (χ3n) is 4.96. The lowest BCUT2D eigenvalue weighted by Gasteiger charge is -2.16. The number of H-pyrrole nitrogens is 1. The molecule has 8 heteroatoms. The number of nitrogens with one attached hydrogen (secondary N) is 3. The van der Waals surface area contributed by atoms with Gasteiger partial charge in [-0.3, -0.25) is 14.7 Å². The number of amides is 2. The van der Waals surface area contributed by atoms with Crippen LogP contribution in [0.5, 0.6) is 0 Å². The Morgan fingerprint density at radius 1 is 1.29 bits per heavy atom. The van der Waals surface area contributed by atoms with E-state index in [1.54, 1.807) is 37.3 Å². The highest BCUT2D eigenvalue weighted by Crippen LogP contribution is 2.31. The monoisotopic (exact) mass is 397 g/mol. The summed E-state index contributed by atoms with van der Waals surface area (Å²) in [6.07, 6.45) is 2.02. The van der Waals surface area contributed by atoms with Gasteiger partial charge in [0.25, 0.3) is 5.91 Å². The lowest BCUT2D eigenvalue weighted by molar-refractivity contribution is -0.129. The topological polar surface area (TPSA) is 90.1 Å². The molecule has 144 valence electrons. The van der Waals surface area contributed by atoms with Crippen molar-refractivity contribution in [2.75, 3.05) is 19.4 Å². The molecule has 0 fully saturated rings. The molecule has 0 bridgehead atoms. The first-order valence-corrected chi connectivity index (χ1v) is 9.30. The van der Waals surface area contributed by atoms with E-state index in [-0.39, 0.29) is 17.9 Å². The summed E-state index contributed by atoms with van der Waals surface area (Å²) in [4.78, 5) is 26.4. The third kappa shape index (κ3) is 3.46. The molecule has 3 aromatic rings.